The van der Waals surface area contributed by atoms with Crippen LogP contribution in [0.15, 0.2) is 48.5 Å². The maximum Gasteiger partial charge on any atom is 0.336 e. The number of rotatable bonds is 5. The van der Waals surface area contributed by atoms with Gasteiger partial charge in [0, 0.05) is 12.5 Å². The minimum atomic E-state index is -0.967. The smallest absolute Gasteiger partial charge is 0.336 e. The molecular formula is C27H22N6O2. The predicted octanol–water partition coefficient (Wildman–Crippen LogP) is 5.03. The average Bonchev–Trinajstić information content (AvgIpc) is 3.28. The molecule has 1 N–H and O–H groups in total. The molecule has 35 heavy (non-hydrogen) atoms. The van der Waals surface area contributed by atoms with E-state index < -0.39 is 5.97 Å². The first-order chi connectivity index (χ1) is 17.1. The van der Waals surface area contributed by atoms with Crippen molar-refractivity contribution in [2.75, 3.05) is 0 Å². The number of nitriles is 2. The van der Waals surface area contributed by atoms with E-state index in [0.29, 0.717) is 23.1 Å². The second-order valence-corrected chi connectivity index (χ2v) is 8.76. The van der Waals surface area contributed by atoms with Crippen LogP contribution in [-0.2, 0) is 6.54 Å². The van der Waals surface area contributed by atoms with Crippen LogP contribution in [0.3, 0.4) is 0 Å². The van der Waals surface area contributed by atoms with Gasteiger partial charge in [-0.15, -0.1) is 10.2 Å². The fourth-order valence-corrected chi connectivity index (χ4v) is 4.95. The molecule has 0 spiro atoms. The Labute approximate surface area is 202 Å². The topological polar surface area (TPSA) is 128 Å². The van der Waals surface area contributed by atoms with E-state index in [4.69, 9.17) is 4.98 Å². The number of benzene rings is 2. The molecule has 2 aromatic heterocycles. The number of aromatic nitrogens is 4. The number of nitrogens with zero attached hydrogens (tertiary/aromatic N) is 6. The lowest BCUT2D eigenvalue weighted by molar-refractivity contribution is 0.0697. The van der Waals surface area contributed by atoms with Gasteiger partial charge in [0.05, 0.1) is 5.56 Å². The van der Waals surface area contributed by atoms with Crippen LogP contribution in [0, 0.1) is 22.7 Å². The van der Waals surface area contributed by atoms with Crippen molar-refractivity contribution in [2.24, 2.45) is 0 Å². The van der Waals surface area contributed by atoms with Crippen molar-refractivity contribution in [3.8, 4) is 23.3 Å². The molecular weight excluding hydrogens is 440 g/mol. The molecule has 2 aromatic carbocycles. The summed E-state index contributed by atoms with van der Waals surface area (Å²) in [5.41, 5.74) is 3.93. The van der Waals surface area contributed by atoms with Crippen LogP contribution in [0.5, 0.6) is 0 Å². The third-order valence-corrected chi connectivity index (χ3v) is 6.64. The Morgan fingerprint density at radius 2 is 1.66 bits per heavy atom. The van der Waals surface area contributed by atoms with Crippen LogP contribution in [-0.4, -0.2) is 30.8 Å². The van der Waals surface area contributed by atoms with Crippen LogP contribution in [0.25, 0.3) is 22.2 Å². The molecule has 0 unspecified atom stereocenters. The predicted molar refractivity (Wildman–Crippen MR) is 129 cm³/mol. The van der Waals surface area contributed by atoms with Crippen molar-refractivity contribution in [2.45, 2.75) is 44.6 Å². The highest BCUT2D eigenvalue weighted by Crippen LogP contribution is 2.35. The highest BCUT2D eigenvalue weighted by atomic mass is 16.4. The minimum Gasteiger partial charge on any atom is -0.478 e. The molecule has 2 heterocycles. The molecule has 5 rings (SSSR count). The van der Waals surface area contributed by atoms with E-state index >= 15 is 0 Å². The zero-order chi connectivity index (χ0) is 24.4. The zero-order valence-corrected chi connectivity index (χ0v) is 19.0. The second-order valence-electron chi connectivity index (χ2n) is 8.76. The third kappa shape index (κ3) is 4.11. The molecule has 8 nitrogen and oxygen atoms in total. The van der Waals surface area contributed by atoms with Crippen molar-refractivity contribution >= 4 is 17.0 Å². The quantitative estimate of drug-likeness (QED) is 0.440. The highest BCUT2D eigenvalue weighted by molar-refractivity contribution is 5.96. The normalized spacial score (nSPS) is 13.9. The number of aromatic carboxylic acids is 1. The number of carbonyl (C=O) groups is 1. The molecule has 0 aliphatic heterocycles. The van der Waals surface area contributed by atoms with Gasteiger partial charge in [-0.25, -0.2) is 9.78 Å². The van der Waals surface area contributed by atoms with Crippen molar-refractivity contribution in [1.82, 2.24) is 19.7 Å². The van der Waals surface area contributed by atoms with E-state index in [1.54, 1.807) is 18.2 Å². The van der Waals surface area contributed by atoms with Gasteiger partial charge in [-0.1, -0.05) is 61.7 Å². The Morgan fingerprint density at radius 3 is 2.34 bits per heavy atom. The number of carboxylic acid groups (broad SMARTS) is 1. The Balaban J connectivity index is 1.59. The molecule has 0 bridgehead atoms. The standard InChI is InChI=1S/C27H22N6O2/c28-14-22-24-25(23(15-29)32-31-22)33(26(30-24)19-6-2-1-3-7-19)16-17-10-12-18(13-11-17)20-8-4-5-9-21(20)27(34)35/h4-5,8-13,19H,1-3,6-7,16H2,(H,34,35). The average molecular weight is 463 g/mol. The van der Waals surface area contributed by atoms with Gasteiger partial charge in [0.2, 0.25) is 0 Å². The number of hydrogen-bond donors (Lipinski definition) is 1. The Kier molecular flexibility index (Phi) is 5.95. The lowest BCUT2D eigenvalue weighted by atomic mass is 9.88. The largest absolute Gasteiger partial charge is 0.478 e. The Bertz CT molecular complexity index is 1500. The molecule has 1 saturated carbocycles. The summed E-state index contributed by atoms with van der Waals surface area (Å²) < 4.78 is 2.01. The van der Waals surface area contributed by atoms with E-state index in [0.717, 1.165) is 42.6 Å². The van der Waals surface area contributed by atoms with Crippen LogP contribution >= 0.6 is 0 Å². The summed E-state index contributed by atoms with van der Waals surface area (Å²) in [5.74, 6) is 0.142. The van der Waals surface area contributed by atoms with E-state index in [9.17, 15) is 20.4 Å². The zero-order valence-electron chi connectivity index (χ0n) is 19.0. The lowest BCUT2D eigenvalue weighted by Gasteiger charge is -2.22. The van der Waals surface area contributed by atoms with Crippen LogP contribution in [0.2, 0.25) is 0 Å². The van der Waals surface area contributed by atoms with Crippen molar-refractivity contribution in [3.05, 3.63) is 76.9 Å². The van der Waals surface area contributed by atoms with Gasteiger partial charge in [-0.3, -0.25) is 0 Å². The summed E-state index contributed by atoms with van der Waals surface area (Å²) in [6.45, 7) is 0.453. The molecule has 1 aliphatic rings. The summed E-state index contributed by atoms with van der Waals surface area (Å²) in [4.78, 5) is 16.5. The number of fused-ring (bicyclic) bond motifs is 1. The van der Waals surface area contributed by atoms with E-state index in [2.05, 4.69) is 22.3 Å². The van der Waals surface area contributed by atoms with Gasteiger partial charge in [0.25, 0.3) is 0 Å². The summed E-state index contributed by atoms with van der Waals surface area (Å²) >= 11 is 0. The van der Waals surface area contributed by atoms with E-state index in [-0.39, 0.29) is 22.9 Å². The Hall–Kier alpha value is -4.56. The van der Waals surface area contributed by atoms with Gasteiger partial charge in [0.1, 0.15) is 29.0 Å². The summed E-state index contributed by atoms with van der Waals surface area (Å²) in [5, 5.41) is 36.7. The maximum atomic E-state index is 11.6. The fourth-order valence-electron chi connectivity index (χ4n) is 4.95. The number of hydrogen-bond acceptors (Lipinski definition) is 6. The third-order valence-electron chi connectivity index (χ3n) is 6.64. The van der Waals surface area contributed by atoms with E-state index in [1.165, 1.54) is 6.42 Å². The van der Waals surface area contributed by atoms with Gasteiger partial charge in [-0.2, -0.15) is 10.5 Å². The van der Waals surface area contributed by atoms with Gasteiger partial charge in [-0.05, 0) is 35.6 Å². The lowest BCUT2D eigenvalue weighted by Crippen LogP contribution is -2.13. The first kappa shape index (κ1) is 22.2. The first-order valence-electron chi connectivity index (χ1n) is 11.6. The molecule has 8 heteroatoms. The second kappa shape index (κ2) is 9.36. The number of carboxylic acids is 1. The first-order valence-corrected chi connectivity index (χ1v) is 11.6. The molecule has 0 atom stereocenters. The monoisotopic (exact) mass is 462 g/mol. The SMILES string of the molecule is N#Cc1nnc(C#N)c2c1nc(C1CCCCC1)n2Cc1ccc(-c2ccccc2C(=O)O)cc1. The maximum absolute atomic E-state index is 11.6. The molecule has 1 aliphatic carbocycles. The fraction of sp³-hybridized carbons (Fsp3) is 0.259. The summed E-state index contributed by atoms with van der Waals surface area (Å²) in [7, 11) is 0. The molecule has 1 fully saturated rings. The number of imidazole rings is 1. The highest BCUT2D eigenvalue weighted by Gasteiger charge is 2.26. The molecule has 4 aromatic rings. The molecule has 172 valence electrons. The van der Waals surface area contributed by atoms with Crippen LogP contribution in [0.4, 0.5) is 0 Å². The summed E-state index contributed by atoms with van der Waals surface area (Å²) in [6.07, 6.45) is 5.47. The summed E-state index contributed by atoms with van der Waals surface area (Å²) in [6, 6.07) is 18.8. The Morgan fingerprint density at radius 1 is 0.971 bits per heavy atom. The van der Waals surface area contributed by atoms with Crippen molar-refractivity contribution in [1.29, 1.82) is 10.5 Å². The van der Waals surface area contributed by atoms with Crippen molar-refractivity contribution in [3.63, 3.8) is 0 Å². The van der Waals surface area contributed by atoms with E-state index in [1.807, 2.05) is 34.9 Å². The van der Waals surface area contributed by atoms with Crippen LogP contribution < -0.4 is 0 Å². The van der Waals surface area contributed by atoms with Gasteiger partial charge < -0.3 is 9.67 Å². The van der Waals surface area contributed by atoms with Crippen molar-refractivity contribution < 1.29 is 9.90 Å². The molecule has 0 amide bonds. The van der Waals surface area contributed by atoms with Gasteiger partial charge >= 0.3 is 5.97 Å². The van der Waals surface area contributed by atoms with Gasteiger partial charge in [0.15, 0.2) is 11.4 Å². The molecule has 0 saturated heterocycles. The molecule has 0 radical (unpaired) electrons. The van der Waals surface area contributed by atoms with Crippen LogP contribution in [0.1, 0.15) is 71.2 Å². The minimum absolute atomic E-state index is 0.121.